The summed E-state index contributed by atoms with van der Waals surface area (Å²) in [7, 11) is 1.62. The minimum atomic E-state index is -0.452. The molecule has 8 heteroatoms. The van der Waals surface area contributed by atoms with Crippen molar-refractivity contribution in [1.82, 2.24) is 9.55 Å². The van der Waals surface area contributed by atoms with Crippen LogP contribution in [0.5, 0.6) is 0 Å². The quantitative estimate of drug-likeness (QED) is 0.563. The van der Waals surface area contributed by atoms with Crippen LogP contribution in [0.15, 0.2) is 56.1 Å². The van der Waals surface area contributed by atoms with Crippen LogP contribution in [0.4, 0.5) is 5.69 Å². The first-order valence-electron chi connectivity index (χ1n) is 8.52. The van der Waals surface area contributed by atoms with Crippen molar-refractivity contribution in [3.05, 3.63) is 69.5 Å². The number of aromatic nitrogens is 2. The zero-order chi connectivity index (χ0) is 19.8. The highest BCUT2D eigenvalue weighted by molar-refractivity contribution is 6.30. The number of hydrogen-bond acceptors (Lipinski definition) is 5. The van der Waals surface area contributed by atoms with Gasteiger partial charge in [0, 0.05) is 29.4 Å². The van der Waals surface area contributed by atoms with E-state index >= 15 is 0 Å². The maximum atomic E-state index is 12.4. The van der Waals surface area contributed by atoms with E-state index in [9.17, 15) is 9.59 Å². The fourth-order valence-corrected chi connectivity index (χ4v) is 3.00. The Morgan fingerprint density at radius 2 is 1.93 bits per heavy atom. The number of nitrogens with zero attached hydrogens (tertiary/aromatic N) is 2. The van der Waals surface area contributed by atoms with Gasteiger partial charge >= 0.3 is 5.76 Å². The van der Waals surface area contributed by atoms with Gasteiger partial charge < -0.3 is 14.2 Å². The van der Waals surface area contributed by atoms with Crippen LogP contribution in [0.3, 0.4) is 0 Å². The lowest BCUT2D eigenvalue weighted by Crippen LogP contribution is -2.15. The monoisotopic (exact) mass is 397 g/mol. The molecule has 2 aromatic carbocycles. The average Bonchev–Trinajstić information content (AvgIpc) is 3.15. The summed E-state index contributed by atoms with van der Waals surface area (Å²) in [5.74, 6) is 0.303. The van der Waals surface area contributed by atoms with Crippen LogP contribution >= 0.6 is 11.6 Å². The molecule has 2 aromatic heterocycles. The summed E-state index contributed by atoms with van der Waals surface area (Å²) in [4.78, 5) is 28.4. The van der Waals surface area contributed by atoms with Crippen LogP contribution in [0, 0.1) is 6.92 Å². The number of anilines is 1. The average molecular weight is 398 g/mol. The molecule has 0 atom stereocenters. The van der Waals surface area contributed by atoms with Crippen LogP contribution in [-0.4, -0.2) is 15.5 Å². The summed E-state index contributed by atoms with van der Waals surface area (Å²) < 4.78 is 12.2. The molecule has 4 aromatic rings. The second-order valence-corrected chi connectivity index (χ2v) is 6.80. The van der Waals surface area contributed by atoms with Crippen molar-refractivity contribution >= 4 is 34.3 Å². The Balaban J connectivity index is 1.51. The smallest absolute Gasteiger partial charge is 0.419 e. The Kier molecular flexibility index (Phi) is 4.52. The molecular formula is C20H16ClN3O4. The van der Waals surface area contributed by atoms with E-state index in [1.54, 1.807) is 56.4 Å². The predicted molar refractivity (Wildman–Crippen MR) is 105 cm³/mol. The third-order valence-electron chi connectivity index (χ3n) is 4.39. The Hall–Kier alpha value is -3.32. The molecule has 0 radical (unpaired) electrons. The van der Waals surface area contributed by atoms with Gasteiger partial charge in [-0.05, 0) is 43.3 Å². The second kappa shape index (κ2) is 7.01. The van der Waals surface area contributed by atoms with E-state index in [0.717, 1.165) is 5.56 Å². The van der Waals surface area contributed by atoms with Gasteiger partial charge in [0.25, 0.3) is 0 Å². The summed E-state index contributed by atoms with van der Waals surface area (Å²) in [5, 5.41) is 3.41. The van der Waals surface area contributed by atoms with E-state index in [1.807, 2.05) is 0 Å². The molecule has 4 rings (SSSR count). The molecule has 1 N–H and O–H groups in total. The largest absolute Gasteiger partial charge is 0.441 e. The molecule has 1 amide bonds. The lowest BCUT2D eigenvalue weighted by Gasteiger charge is -2.04. The minimum absolute atomic E-state index is 0.0553. The molecule has 28 heavy (non-hydrogen) atoms. The first kappa shape index (κ1) is 18.1. The SMILES string of the molecule is Cc1oc(-c2ccc(Cl)cc2)nc1CC(=O)Nc1ccc2c(c1)oc(=O)n2C. The van der Waals surface area contributed by atoms with Crippen LogP contribution in [0.25, 0.3) is 22.6 Å². The Morgan fingerprint density at radius 3 is 2.68 bits per heavy atom. The second-order valence-electron chi connectivity index (χ2n) is 6.36. The molecule has 142 valence electrons. The van der Waals surface area contributed by atoms with Gasteiger partial charge in [-0.3, -0.25) is 9.36 Å². The number of benzene rings is 2. The number of nitrogens with one attached hydrogen (secondary N) is 1. The van der Waals surface area contributed by atoms with Gasteiger partial charge in [0.05, 0.1) is 17.6 Å². The number of aryl methyl sites for hydroxylation is 2. The molecule has 7 nitrogen and oxygen atoms in total. The number of fused-ring (bicyclic) bond motifs is 1. The van der Waals surface area contributed by atoms with Gasteiger partial charge in [-0.15, -0.1) is 0 Å². The third-order valence-corrected chi connectivity index (χ3v) is 4.64. The lowest BCUT2D eigenvalue weighted by molar-refractivity contribution is -0.115. The fraction of sp³-hybridized carbons (Fsp3) is 0.150. The van der Waals surface area contributed by atoms with Crippen LogP contribution in [-0.2, 0) is 18.3 Å². The van der Waals surface area contributed by atoms with Crippen molar-refractivity contribution in [2.24, 2.45) is 7.05 Å². The maximum Gasteiger partial charge on any atom is 0.419 e. The minimum Gasteiger partial charge on any atom is -0.441 e. The molecule has 0 unspecified atom stereocenters. The molecule has 0 bridgehead atoms. The molecule has 0 fully saturated rings. The summed E-state index contributed by atoms with van der Waals surface area (Å²) in [6.07, 6.45) is 0.0553. The van der Waals surface area contributed by atoms with Gasteiger partial charge in [-0.2, -0.15) is 0 Å². The highest BCUT2D eigenvalue weighted by Crippen LogP contribution is 2.24. The molecule has 0 spiro atoms. The van der Waals surface area contributed by atoms with Crippen molar-refractivity contribution in [2.75, 3.05) is 5.32 Å². The number of amides is 1. The van der Waals surface area contributed by atoms with Crippen LogP contribution in [0.1, 0.15) is 11.5 Å². The van der Waals surface area contributed by atoms with Crippen molar-refractivity contribution in [1.29, 1.82) is 0 Å². The van der Waals surface area contributed by atoms with Crippen molar-refractivity contribution < 1.29 is 13.6 Å². The lowest BCUT2D eigenvalue weighted by atomic mass is 10.2. The molecule has 2 heterocycles. The van der Waals surface area contributed by atoms with Gasteiger partial charge in [0.15, 0.2) is 5.58 Å². The topological polar surface area (TPSA) is 90.3 Å². The number of oxazole rings is 2. The molecule has 0 saturated carbocycles. The van der Waals surface area contributed by atoms with E-state index in [-0.39, 0.29) is 12.3 Å². The number of hydrogen-bond donors (Lipinski definition) is 1. The first-order valence-corrected chi connectivity index (χ1v) is 8.90. The van der Waals surface area contributed by atoms with E-state index in [0.29, 0.717) is 39.2 Å². The third kappa shape index (κ3) is 3.44. The molecule has 0 aliphatic carbocycles. The molecule has 0 aliphatic heterocycles. The molecule has 0 aliphatic rings. The Morgan fingerprint density at radius 1 is 1.18 bits per heavy atom. The number of halogens is 1. The van der Waals surface area contributed by atoms with E-state index in [2.05, 4.69) is 10.3 Å². The van der Waals surface area contributed by atoms with Crippen molar-refractivity contribution in [2.45, 2.75) is 13.3 Å². The van der Waals surface area contributed by atoms with Gasteiger partial charge in [-0.25, -0.2) is 9.78 Å². The molecular weight excluding hydrogens is 382 g/mol. The summed E-state index contributed by atoms with van der Waals surface area (Å²) in [6, 6.07) is 12.2. The summed E-state index contributed by atoms with van der Waals surface area (Å²) >= 11 is 5.90. The Bertz CT molecular complexity index is 1230. The standard InChI is InChI=1S/C20H16ClN3O4/c1-11-15(23-19(27-11)12-3-5-13(21)6-4-12)10-18(25)22-14-7-8-16-17(9-14)28-20(26)24(16)2/h3-9H,10H2,1-2H3,(H,22,25). The van der Waals surface area contributed by atoms with Crippen LogP contribution < -0.4 is 11.1 Å². The highest BCUT2D eigenvalue weighted by atomic mass is 35.5. The summed E-state index contributed by atoms with van der Waals surface area (Å²) in [6.45, 7) is 1.76. The van der Waals surface area contributed by atoms with Gasteiger partial charge in [-0.1, -0.05) is 11.6 Å². The highest BCUT2D eigenvalue weighted by Gasteiger charge is 2.15. The molecule has 0 saturated heterocycles. The van der Waals surface area contributed by atoms with Crippen LogP contribution in [0.2, 0.25) is 5.02 Å². The van der Waals surface area contributed by atoms with Gasteiger partial charge in [0.2, 0.25) is 11.8 Å². The normalized spacial score (nSPS) is 11.1. The number of rotatable bonds is 4. The first-order chi connectivity index (χ1) is 13.4. The fourth-order valence-electron chi connectivity index (χ4n) is 2.88. The number of carbonyl (C=O) groups is 1. The maximum absolute atomic E-state index is 12.4. The summed E-state index contributed by atoms with van der Waals surface area (Å²) in [5.41, 5.74) is 2.93. The number of carbonyl (C=O) groups excluding carboxylic acids is 1. The van der Waals surface area contributed by atoms with Crippen molar-refractivity contribution in [3.63, 3.8) is 0 Å². The zero-order valence-electron chi connectivity index (χ0n) is 15.2. The van der Waals surface area contributed by atoms with Crippen molar-refractivity contribution in [3.8, 4) is 11.5 Å². The van der Waals surface area contributed by atoms with E-state index in [4.69, 9.17) is 20.4 Å². The zero-order valence-corrected chi connectivity index (χ0v) is 15.9. The van der Waals surface area contributed by atoms with Gasteiger partial charge in [0.1, 0.15) is 5.76 Å². The van der Waals surface area contributed by atoms with E-state index < -0.39 is 5.76 Å². The predicted octanol–water partition coefficient (Wildman–Crippen LogP) is 3.93. The van der Waals surface area contributed by atoms with E-state index in [1.165, 1.54) is 4.57 Å². The Labute approximate surface area is 164 Å².